The third-order valence-electron chi connectivity index (χ3n) is 4.34. The topological polar surface area (TPSA) is 199 Å². The van der Waals surface area contributed by atoms with Crippen LogP contribution in [0.4, 0.5) is 5.13 Å². The van der Waals surface area contributed by atoms with E-state index < -0.39 is 51.5 Å². The van der Waals surface area contributed by atoms with Gasteiger partial charge in [-0.2, -0.15) is 27.0 Å². The first-order valence-electron chi connectivity index (χ1n) is 8.31. The number of aliphatic carboxylic acids is 1. The monoisotopic (exact) mass is 514 g/mol. The molecular weight excluding hydrogens is 488 g/mol. The van der Waals surface area contributed by atoms with E-state index in [9.17, 15) is 22.8 Å². The average molecular weight is 515 g/mol. The highest BCUT2D eigenvalue weighted by atomic mass is 32.3. The number of nitrogens with two attached hydrogens (primary N) is 1. The Morgan fingerprint density at radius 3 is 2.38 bits per heavy atom. The van der Waals surface area contributed by atoms with Crippen LogP contribution in [0.15, 0.2) is 10.5 Å². The van der Waals surface area contributed by atoms with Crippen LogP contribution < -0.4 is 5.73 Å². The van der Waals surface area contributed by atoms with Gasteiger partial charge in [-0.3, -0.25) is 14.1 Å². The molecule has 182 valence electrons. The number of carboxylic acid groups (broad SMARTS) is 1. The molecule has 0 radical (unpaired) electrons. The van der Waals surface area contributed by atoms with Crippen molar-refractivity contribution in [2.75, 3.05) is 5.73 Å². The largest absolute Gasteiger partial charge is 0.478 e. The van der Waals surface area contributed by atoms with Gasteiger partial charge in [-0.25, -0.2) is 9.78 Å². The number of β-lactam (4-membered cyclic amide) rings is 1. The Morgan fingerprint density at radius 2 is 1.97 bits per heavy atom. The smallest absolute Gasteiger partial charge is 0.418 e. The average Bonchev–Trinajstić information content (AvgIpc) is 3.02. The third-order valence-corrected chi connectivity index (χ3v) is 5.35. The van der Waals surface area contributed by atoms with Gasteiger partial charge < -0.3 is 15.7 Å². The maximum absolute atomic E-state index is 12.9. The number of Topliss-reactive ketones (excluding diaryl/α,β-unsaturated/α-hetero) is 1. The Labute approximate surface area is 195 Å². The standard InChI is InChI=1S/C15H20N4O9S2.CH4.H2S/c1-14(2)7(11(21)19(14)28-30(24,25)26)5-9(20)10(8-6-29-13(16)17-8)18-27-15(3,4)12(22)23;;/h6-7H,5H2,1-4H3,(H2,16,17)(H,22,23)(H,24,25,26);1H4;1H2/b18-10-;;. The molecule has 4 N–H and O–H groups in total. The fourth-order valence-electron chi connectivity index (χ4n) is 2.48. The van der Waals surface area contributed by atoms with Crippen LogP contribution in [0.2, 0.25) is 0 Å². The second-order valence-corrected chi connectivity index (χ2v) is 9.28. The van der Waals surface area contributed by atoms with Gasteiger partial charge >= 0.3 is 16.4 Å². The van der Waals surface area contributed by atoms with Crippen molar-refractivity contribution >= 4 is 63.7 Å². The SMILES string of the molecule is C.CC(C)(O/N=C(\C(=O)CC1C(=O)N(OS(=O)(=O)O)C1(C)C)c1csc(N)n1)C(=O)O.S. The molecule has 16 heteroatoms. The van der Waals surface area contributed by atoms with E-state index in [1.54, 1.807) is 0 Å². The summed E-state index contributed by atoms with van der Waals surface area (Å²) in [6.45, 7) is 5.30. The molecule has 1 aromatic heterocycles. The molecule has 0 spiro atoms. The molecule has 1 fully saturated rings. The molecule has 0 aromatic carbocycles. The lowest BCUT2D eigenvalue weighted by molar-refractivity contribution is -0.228. The van der Waals surface area contributed by atoms with Crippen molar-refractivity contribution in [2.24, 2.45) is 11.1 Å². The number of carbonyl (C=O) groups is 3. The van der Waals surface area contributed by atoms with Gasteiger partial charge in [-0.1, -0.05) is 12.6 Å². The van der Waals surface area contributed by atoms with Gasteiger partial charge in [0, 0.05) is 11.8 Å². The lowest BCUT2D eigenvalue weighted by Gasteiger charge is -2.50. The highest BCUT2D eigenvalue weighted by Crippen LogP contribution is 2.40. The molecule has 1 aliphatic heterocycles. The Kier molecular flexibility index (Phi) is 9.40. The molecule has 0 bridgehead atoms. The fourth-order valence-corrected chi connectivity index (χ4v) is 3.49. The number of oxime groups is 1. The summed E-state index contributed by atoms with van der Waals surface area (Å²) in [5.41, 5.74) is 2.25. The molecule has 0 aliphatic carbocycles. The summed E-state index contributed by atoms with van der Waals surface area (Å²) in [7, 11) is -4.93. The number of thiazole rings is 1. The van der Waals surface area contributed by atoms with Gasteiger partial charge in [0.05, 0.1) is 11.5 Å². The van der Waals surface area contributed by atoms with Crippen LogP contribution in [0.25, 0.3) is 0 Å². The number of hydrogen-bond acceptors (Lipinski definition) is 11. The first-order chi connectivity index (χ1) is 13.6. The molecule has 1 saturated heterocycles. The number of carboxylic acids is 1. The first kappa shape index (κ1) is 29.7. The number of nitrogen functional groups attached to an aromatic ring is 1. The number of hydroxylamine groups is 2. The van der Waals surface area contributed by atoms with Gasteiger partial charge in [0.25, 0.3) is 5.91 Å². The van der Waals surface area contributed by atoms with Crippen LogP contribution in [0.5, 0.6) is 0 Å². The van der Waals surface area contributed by atoms with Crippen LogP contribution in [0, 0.1) is 5.92 Å². The zero-order chi connectivity index (χ0) is 23.1. The molecule has 1 atom stereocenters. The van der Waals surface area contributed by atoms with Gasteiger partial charge in [-0.05, 0) is 27.7 Å². The van der Waals surface area contributed by atoms with Crippen molar-refractivity contribution in [1.29, 1.82) is 0 Å². The summed E-state index contributed by atoms with van der Waals surface area (Å²) in [5, 5.41) is 14.8. The quantitative estimate of drug-likeness (QED) is 0.184. The normalized spacial score (nSPS) is 18.2. The zero-order valence-electron chi connectivity index (χ0n) is 16.8. The fraction of sp³-hybridized carbons (Fsp3) is 0.562. The molecule has 32 heavy (non-hydrogen) atoms. The zero-order valence-corrected chi connectivity index (χ0v) is 19.5. The van der Waals surface area contributed by atoms with Crippen LogP contribution in [-0.2, 0) is 33.9 Å². The van der Waals surface area contributed by atoms with Crippen molar-refractivity contribution in [3.63, 3.8) is 0 Å². The number of hydrogen-bond donors (Lipinski definition) is 3. The molecule has 1 aliphatic rings. The van der Waals surface area contributed by atoms with E-state index >= 15 is 0 Å². The summed E-state index contributed by atoms with van der Waals surface area (Å²) < 4.78 is 34.8. The highest BCUT2D eigenvalue weighted by Gasteiger charge is 2.57. The Morgan fingerprint density at radius 1 is 1.41 bits per heavy atom. The van der Waals surface area contributed by atoms with Crippen molar-refractivity contribution in [1.82, 2.24) is 10.0 Å². The van der Waals surface area contributed by atoms with E-state index in [1.165, 1.54) is 33.1 Å². The predicted octanol–water partition coefficient (Wildman–Crippen LogP) is 0.989. The Hall–Kier alpha value is -2.27. The minimum atomic E-state index is -4.93. The second-order valence-electron chi connectivity index (χ2n) is 7.39. The Bertz CT molecular complexity index is 1020. The predicted molar refractivity (Wildman–Crippen MR) is 120 cm³/mol. The maximum Gasteiger partial charge on any atom is 0.418 e. The summed E-state index contributed by atoms with van der Waals surface area (Å²) in [5.74, 6) is -3.92. The van der Waals surface area contributed by atoms with Gasteiger partial charge in [0.2, 0.25) is 5.60 Å². The Balaban J connectivity index is 0.00000480. The van der Waals surface area contributed by atoms with Crippen molar-refractivity contribution in [3.8, 4) is 0 Å². The van der Waals surface area contributed by atoms with Crippen molar-refractivity contribution in [2.45, 2.75) is 52.7 Å². The number of rotatable bonds is 9. The van der Waals surface area contributed by atoms with Crippen LogP contribution in [-0.4, -0.2) is 62.6 Å². The minimum Gasteiger partial charge on any atom is -0.478 e. The van der Waals surface area contributed by atoms with Gasteiger partial charge in [0.15, 0.2) is 16.6 Å². The molecule has 1 amide bonds. The minimum absolute atomic E-state index is 0. The van der Waals surface area contributed by atoms with Crippen molar-refractivity contribution in [3.05, 3.63) is 11.1 Å². The summed E-state index contributed by atoms with van der Waals surface area (Å²) >= 11 is 1.01. The van der Waals surface area contributed by atoms with E-state index in [2.05, 4.69) is 14.4 Å². The maximum atomic E-state index is 12.9. The number of ketones is 1. The summed E-state index contributed by atoms with van der Waals surface area (Å²) in [6, 6.07) is 0. The number of anilines is 1. The number of amides is 1. The second kappa shape index (κ2) is 10.1. The van der Waals surface area contributed by atoms with Crippen molar-refractivity contribution < 1.29 is 41.6 Å². The van der Waals surface area contributed by atoms with Gasteiger partial charge in [-0.15, -0.1) is 15.6 Å². The van der Waals surface area contributed by atoms with Crippen LogP contribution >= 0.6 is 24.8 Å². The third kappa shape index (κ3) is 6.38. The van der Waals surface area contributed by atoms with E-state index in [1.807, 2.05) is 0 Å². The number of aromatic nitrogens is 1. The van der Waals surface area contributed by atoms with E-state index in [0.29, 0.717) is 5.06 Å². The number of carbonyl (C=O) groups excluding carboxylic acids is 2. The molecule has 1 unspecified atom stereocenters. The van der Waals surface area contributed by atoms with Crippen LogP contribution in [0.1, 0.15) is 47.2 Å². The molecule has 1 aromatic rings. The lowest BCUT2D eigenvalue weighted by Crippen LogP contribution is -2.68. The van der Waals surface area contributed by atoms with E-state index in [4.69, 9.17) is 20.2 Å². The molecule has 2 rings (SSSR count). The van der Waals surface area contributed by atoms with E-state index in [0.717, 1.165) is 11.3 Å². The molecule has 13 nitrogen and oxygen atoms in total. The summed E-state index contributed by atoms with van der Waals surface area (Å²) in [4.78, 5) is 45.2. The molecule has 0 saturated carbocycles. The van der Waals surface area contributed by atoms with Crippen LogP contribution in [0.3, 0.4) is 0 Å². The van der Waals surface area contributed by atoms with E-state index in [-0.39, 0.29) is 37.5 Å². The summed E-state index contributed by atoms with van der Waals surface area (Å²) in [6.07, 6.45) is -0.440. The molecule has 2 heterocycles. The molecular formula is C16H26N4O9S3. The highest BCUT2D eigenvalue weighted by molar-refractivity contribution is 7.80. The van der Waals surface area contributed by atoms with Gasteiger partial charge in [0.1, 0.15) is 5.69 Å². The lowest BCUT2D eigenvalue weighted by atomic mass is 9.74. The first-order valence-corrected chi connectivity index (χ1v) is 10.6. The number of nitrogens with zero attached hydrogens (tertiary/aromatic N) is 3.